The quantitative estimate of drug-likeness (QED) is 0.0519. The van der Waals surface area contributed by atoms with Gasteiger partial charge in [0.15, 0.2) is 0 Å². The van der Waals surface area contributed by atoms with Crippen molar-refractivity contribution in [2.24, 2.45) is 0 Å². The summed E-state index contributed by atoms with van der Waals surface area (Å²) < 4.78 is 6.23. The predicted molar refractivity (Wildman–Crippen MR) is 173 cm³/mol. The van der Waals surface area contributed by atoms with Gasteiger partial charge in [-0.1, -0.05) is 122 Å². The molecule has 0 aliphatic heterocycles. The fraction of sp³-hybridized carbons (Fsp3) is 0.833. The van der Waals surface area contributed by atoms with Gasteiger partial charge >= 0.3 is 0 Å². The molecule has 0 saturated carbocycles. The fourth-order valence-corrected chi connectivity index (χ4v) is 4.91. The van der Waals surface area contributed by atoms with E-state index < -0.39 is 0 Å². The van der Waals surface area contributed by atoms with Crippen molar-refractivity contribution in [1.29, 1.82) is 0 Å². The van der Waals surface area contributed by atoms with E-state index in [9.17, 15) is 0 Å². The number of hydrogen-bond donors (Lipinski definition) is 0. The van der Waals surface area contributed by atoms with E-state index in [0.717, 1.165) is 19.4 Å². The molecule has 1 atom stereocenters. The van der Waals surface area contributed by atoms with Crippen molar-refractivity contribution in [3.05, 3.63) is 36.6 Å². The third kappa shape index (κ3) is 31.2. The average Bonchev–Trinajstić information content (AvgIpc) is 2.91. The molecule has 2 nitrogen and oxygen atoms in total. The van der Waals surface area contributed by atoms with Gasteiger partial charge in [-0.15, -0.1) is 0 Å². The second kappa shape index (κ2) is 32.2. The SMILES string of the molecule is CCCCC/C=C\C/C=C\CCCCCCCCC(CCCCCCCCCC)O/C=C/CCCN(C)C. The summed E-state index contributed by atoms with van der Waals surface area (Å²) in [5.41, 5.74) is 0. The number of allylic oxidation sites excluding steroid dienone is 5. The summed E-state index contributed by atoms with van der Waals surface area (Å²) in [5, 5.41) is 0. The highest BCUT2D eigenvalue weighted by Gasteiger charge is 2.08. The summed E-state index contributed by atoms with van der Waals surface area (Å²) in [7, 11) is 4.29. The molecule has 0 N–H and O–H groups in total. The van der Waals surface area contributed by atoms with E-state index in [1.165, 1.54) is 141 Å². The molecule has 0 rings (SSSR count). The van der Waals surface area contributed by atoms with Crippen molar-refractivity contribution in [3.8, 4) is 0 Å². The van der Waals surface area contributed by atoms with Crippen molar-refractivity contribution in [2.45, 2.75) is 174 Å². The van der Waals surface area contributed by atoms with E-state index in [0.29, 0.717) is 6.10 Å². The monoisotopic (exact) mass is 532 g/mol. The summed E-state index contributed by atoms with van der Waals surface area (Å²) in [5.74, 6) is 0. The second-order valence-corrected chi connectivity index (χ2v) is 11.7. The van der Waals surface area contributed by atoms with Crippen LogP contribution < -0.4 is 0 Å². The van der Waals surface area contributed by atoms with Crippen molar-refractivity contribution in [2.75, 3.05) is 20.6 Å². The average molecular weight is 532 g/mol. The van der Waals surface area contributed by atoms with Crippen LogP contribution >= 0.6 is 0 Å². The maximum absolute atomic E-state index is 6.23. The lowest BCUT2D eigenvalue weighted by molar-refractivity contribution is 0.120. The number of unbranched alkanes of at least 4 members (excludes halogenated alkanes) is 17. The lowest BCUT2D eigenvalue weighted by Crippen LogP contribution is -2.12. The van der Waals surface area contributed by atoms with E-state index in [4.69, 9.17) is 4.74 Å². The van der Waals surface area contributed by atoms with Crippen molar-refractivity contribution >= 4 is 0 Å². The van der Waals surface area contributed by atoms with E-state index in [1.54, 1.807) is 0 Å². The molecule has 1 unspecified atom stereocenters. The first-order chi connectivity index (χ1) is 18.7. The van der Waals surface area contributed by atoms with E-state index >= 15 is 0 Å². The van der Waals surface area contributed by atoms with Gasteiger partial charge in [-0.3, -0.25) is 0 Å². The van der Waals surface area contributed by atoms with Gasteiger partial charge in [0.25, 0.3) is 0 Å². The van der Waals surface area contributed by atoms with Gasteiger partial charge in [0.05, 0.1) is 12.4 Å². The maximum atomic E-state index is 6.23. The molecule has 38 heavy (non-hydrogen) atoms. The minimum atomic E-state index is 0.422. The Morgan fingerprint density at radius 3 is 1.50 bits per heavy atom. The van der Waals surface area contributed by atoms with Crippen LogP contribution in [0.1, 0.15) is 168 Å². The molecule has 0 aromatic rings. The zero-order valence-corrected chi connectivity index (χ0v) is 26.6. The predicted octanol–water partition coefficient (Wildman–Crippen LogP) is 12.0. The maximum Gasteiger partial charge on any atom is 0.0978 e. The number of nitrogens with zero attached hydrogens (tertiary/aromatic N) is 1. The van der Waals surface area contributed by atoms with Gasteiger partial charge in [-0.25, -0.2) is 0 Å². The lowest BCUT2D eigenvalue weighted by Gasteiger charge is -2.17. The van der Waals surface area contributed by atoms with Crippen molar-refractivity contribution in [3.63, 3.8) is 0 Å². The molecule has 0 fully saturated rings. The molecule has 0 amide bonds. The molecule has 224 valence electrons. The summed E-state index contributed by atoms with van der Waals surface area (Å²) in [4.78, 5) is 2.26. The number of hydrogen-bond acceptors (Lipinski definition) is 2. The van der Waals surface area contributed by atoms with E-state index in [-0.39, 0.29) is 0 Å². The van der Waals surface area contributed by atoms with Crippen molar-refractivity contribution < 1.29 is 4.74 Å². The lowest BCUT2D eigenvalue weighted by atomic mass is 10.0. The molecule has 0 aliphatic rings. The highest BCUT2D eigenvalue weighted by Crippen LogP contribution is 2.18. The number of rotatable bonds is 30. The zero-order chi connectivity index (χ0) is 27.8. The van der Waals surface area contributed by atoms with Gasteiger partial charge in [0, 0.05) is 0 Å². The first kappa shape index (κ1) is 37.0. The molecule has 0 saturated heterocycles. The van der Waals surface area contributed by atoms with E-state index in [1.807, 2.05) is 6.26 Å². The van der Waals surface area contributed by atoms with Crippen LogP contribution in [-0.2, 0) is 4.74 Å². The molecule has 0 bridgehead atoms. The minimum Gasteiger partial charge on any atom is -0.498 e. The Hall–Kier alpha value is -1.02. The molecule has 0 spiro atoms. The second-order valence-electron chi connectivity index (χ2n) is 11.7. The highest BCUT2D eigenvalue weighted by molar-refractivity contribution is 4.92. The van der Waals surface area contributed by atoms with Crippen LogP contribution in [0.5, 0.6) is 0 Å². The van der Waals surface area contributed by atoms with Gasteiger partial charge in [-0.05, 0) is 97.3 Å². The molecule has 0 heterocycles. The Kier molecular flexibility index (Phi) is 31.3. The minimum absolute atomic E-state index is 0.422. The Balaban J connectivity index is 3.90. The van der Waals surface area contributed by atoms with Crippen LogP contribution in [0, 0.1) is 0 Å². The van der Waals surface area contributed by atoms with Crippen LogP contribution in [0.15, 0.2) is 36.6 Å². The van der Waals surface area contributed by atoms with Crippen LogP contribution in [0.4, 0.5) is 0 Å². The standard InChI is InChI=1S/C36H69NO/c1-5-7-9-11-13-15-16-17-18-19-20-21-22-24-26-29-33-36(38-35-31-27-30-34-37(3)4)32-28-25-23-14-12-10-8-6-2/h13,15,17-18,31,35-36H,5-12,14,16,19-30,32-34H2,1-4H3/b15-13-,18-17-,35-31+. The first-order valence-electron chi connectivity index (χ1n) is 17.0. The summed E-state index contributed by atoms with van der Waals surface area (Å²) >= 11 is 0. The summed E-state index contributed by atoms with van der Waals surface area (Å²) in [6, 6.07) is 0. The van der Waals surface area contributed by atoms with Gasteiger partial charge in [0.2, 0.25) is 0 Å². The molecule has 2 heteroatoms. The molecular weight excluding hydrogens is 462 g/mol. The largest absolute Gasteiger partial charge is 0.498 e. The molecule has 0 aromatic heterocycles. The molecule has 0 aromatic carbocycles. The number of ether oxygens (including phenoxy) is 1. The van der Waals surface area contributed by atoms with Crippen LogP contribution in [-0.4, -0.2) is 31.6 Å². The Morgan fingerprint density at radius 2 is 0.947 bits per heavy atom. The summed E-state index contributed by atoms with van der Waals surface area (Å²) in [6.45, 7) is 5.72. The topological polar surface area (TPSA) is 12.5 Å². The molecule has 0 aliphatic carbocycles. The van der Waals surface area contributed by atoms with E-state index in [2.05, 4.69) is 63.2 Å². The normalized spacial score (nSPS) is 13.1. The Morgan fingerprint density at radius 1 is 0.500 bits per heavy atom. The van der Waals surface area contributed by atoms with Crippen molar-refractivity contribution in [1.82, 2.24) is 4.90 Å². The molecular formula is C36H69NO. The highest BCUT2D eigenvalue weighted by atomic mass is 16.5. The third-order valence-corrected chi connectivity index (χ3v) is 7.45. The summed E-state index contributed by atoms with van der Waals surface area (Å²) in [6.07, 6.45) is 45.8. The van der Waals surface area contributed by atoms with Crippen LogP contribution in [0.25, 0.3) is 0 Å². The van der Waals surface area contributed by atoms with Gasteiger partial charge in [0.1, 0.15) is 0 Å². The Labute approximate surface area is 240 Å². The smallest absolute Gasteiger partial charge is 0.0978 e. The van der Waals surface area contributed by atoms with Gasteiger partial charge < -0.3 is 9.64 Å². The Bertz CT molecular complexity index is 521. The molecule has 0 radical (unpaired) electrons. The van der Waals surface area contributed by atoms with Gasteiger partial charge in [-0.2, -0.15) is 0 Å². The fourth-order valence-electron chi connectivity index (χ4n) is 4.91. The zero-order valence-electron chi connectivity index (χ0n) is 26.6. The van der Waals surface area contributed by atoms with Crippen LogP contribution in [0.2, 0.25) is 0 Å². The third-order valence-electron chi connectivity index (χ3n) is 7.45. The van der Waals surface area contributed by atoms with Crippen LogP contribution in [0.3, 0.4) is 0 Å². The first-order valence-corrected chi connectivity index (χ1v) is 17.0.